The first kappa shape index (κ1) is 10.0. The largest absolute Gasteiger partial charge is 0.466 e. The Hall–Kier alpha value is -0.990. The topological polar surface area (TPSA) is 29.5 Å². The number of methoxy groups -OCH3 is 1. The number of ether oxygens (including phenoxy) is 1. The minimum atomic E-state index is -0.249. The quantitative estimate of drug-likeness (QED) is 0.452. The second-order valence-electron chi connectivity index (χ2n) is 2.46. The van der Waals surface area contributed by atoms with Crippen LogP contribution < -0.4 is 0 Å². The van der Waals surface area contributed by atoms with Gasteiger partial charge < -0.3 is 9.64 Å². The van der Waals surface area contributed by atoms with Gasteiger partial charge in [-0.2, -0.15) is 0 Å². The lowest BCUT2D eigenvalue weighted by Gasteiger charge is -2.07. The molecule has 3 heteroatoms. The van der Waals surface area contributed by atoms with Crippen LogP contribution in [0.3, 0.4) is 0 Å². The summed E-state index contributed by atoms with van der Waals surface area (Å²) in [5.74, 6) is -0.249. The van der Waals surface area contributed by atoms with Gasteiger partial charge in [0.1, 0.15) is 0 Å². The van der Waals surface area contributed by atoms with Crippen molar-refractivity contribution >= 4 is 5.97 Å². The van der Waals surface area contributed by atoms with Crippen LogP contribution in [-0.4, -0.2) is 32.1 Å². The summed E-state index contributed by atoms with van der Waals surface area (Å²) < 4.78 is 4.57. The standard InChI is InChI=1S/C8H15NO2/c1-5-7(6-9(2)3)8(10)11-4/h6H,5H2,1-4H3. The maximum absolute atomic E-state index is 11.0. The molecule has 0 rings (SSSR count). The van der Waals surface area contributed by atoms with E-state index in [4.69, 9.17) is 0 Å². The van der Waals surface area contributed by atoms with Gasteiger partial charge in [0.05, 0.1) is 12.7 Å². The molecule has 0 aromatic heterocycles. The fraction of sp³-hybridized carbons (Fsp3) is 0.625. The molecule has 0 heterocycles. The molecular weight excluding hydrogens is 142 g/mol. The van der Waals surface area contributed by atoms with Gasteiger partial charge in [-0.15, -0.1) is 0 Å². The third-order valence-electron chi connectivity index (χ3n) is 1.24. The van der Waals surface area contributed by atoms with Crippen LogP contribution in [0.15, 0.2) is 11.8 Å². The lowest BCUT2D eigenvalue weighted by atomic mass is 10.2. The van der Waals surface area contributed by atoms with Crippen LogP contribution in [0.4, 0.5) is 0 Å². The molecule has 0 aromatic carbocycles. The Morgan fingerprint density at radius 2 is 2.09 bits per heavy atom. The third-order valence-corrected chi connectivity index (χ3v) is 1.24. The van der Waals surface area contributed by atoms with Gasteiger partial charge in [0.15, 0.2) is 0 Å². The molecule has 0 atom stereocenters. The first-order valence-corrected chi connectivity index (χ1v) is 3.57. The van der Waals surface area contributed by atoms with Crippen molar-refractivity contribution in [3.63, 3.8) is 0 Å². The first-order chi connectivity index (χ1) is 5.11. The van der Waals surface area contributed by atoms with E-state index in [1.165, 1.54) is 7.11 Å². The second-order valence-corrected chi connectivity index (χ2v) is 2.46. The summed E-state index contributed by atoms with van der Waals surface area (Å²) in [5, 5.41) is 0. The maximum Gasteiger partial charge on any atom is 0.335 e. The molecule has 0 radical (unpaired) electrons. The van der Waals surface area contributed by atoms with Crippen molar-refractivity contribution in [2.75, 3.05) is 21.2 Å². The lowest BCUT2D eigenvalue weighted by Crippen LogP contribution is -2.10. The molecule has 0 aromatic rings. The molecule has 3 nitrogen and oxygen atoms in total. The summed E-state index contributed by atoms with van der Waals surface area (Å²) in [6, 6.07) is 0. The van der Waals surface area contributed by atoms with Gasteiger partial charge in [-0.25, -0.2) is 4.79 Å². The number of rotatable bonds is 3. The number of carbonyl (C=O) groups excluding carboxylic acids is 1. The molecule has 0 amide bonds. The summed E-state index contributed by atoms with van der Waals surface area (Å²) in [6.07, 6.45) is 2.47. The van der Waals surface area contributed by atoms with Crippen LogP contribution in [0.2, 0.25) is 0 Å². The van der Waals surface area contributed by atoms with Crippen molar-refractivity contribution in [3.8, 4) is 0 Å². The van der Waals surface area contributed by atoms with E-state index in [-0.39, 0.29) is 5.97 Å². The second kappa shape index (κ2) is 4.77. The molecule has 64 valence electrons. The maximum atomic E-state index is 11.0. The van der Waals surface area contributed by atoms with Gasteiger partial charge in [-0.05, 0) is 6.42 Å². The van der Waals surface area contributed by atoms with Crippen molar-refractivity contribution < 1.29 is 9.53 Å². The SMILES string of the molecule is CCC(=CN(C)C)C(=O)OC. The molecule has 0 saturated carbocycles. The fourth-order valence-corrected chi connectivity index (χ4v) is 0.731. The molecule has 0 aliphatic carbocycles. The van der Waals surface area contributed by atoms with Gasteiger partial charge >= 0.3 is 5.97 Å². The van der Waals surface area contributed by atoms with Crippen molar-refractivity contribution in [3.05, 3.63) is 11.8 Å². The van der Waals surface area contributed by atoms with Crippen LogP contribution >= 0.6 is 0 Å². The van der Waals surface area contributed by atoms with Crippen LogP contribution in [0.5, 0.6) is 0 Å². The van der Waals surface area contributed by atoms with E-state index in [1.54, 1.807) is 6.20 Å². The minimum Gasteiger partial charge on any atom is -0.466 e. The Balaban J connectivity index is 4.27. The van der Waals surface area contributed by atoms with E-state index in [9.17, 15) is 4.79 Å². The summed E-state index contributed by atoms with van der Waals surface area (Å²) in [4.78, 5) is 12.8. The molecular formula is C8H15NO2. The van der Waals surface area contributed by atoms with E-state index in [0.29, 0.717) is 12.0 Å². The Morgan fingerprint density at radius 1 is 1.55 bits per heavy atom. The van der Waals surface area contributed by atoms with Gasteiger partial charge in [0.25, 0.3) is 0 Å². The smallest absolute Gasteiger partial charge is 0.335 e. The highest BCUT2D eigenvalue weighted by Crippen LogP contribution is 2.02. The Kier molecular flexibility index (Phi) is 4.34. The van der Waals surface area contributed by atoms with Gasteiger partial charge in [-0.3, -0.25) is 0 Å². The predicted molar refractivity (Wildman–Crippen MR) is 44.1 cm³/mol. The highest BCUT2D eigenvalue weighted by Gasteiger charge is 2.05. The molecule has 0 bridgehead atoms. The van der Waals surface area contributed by atoms with E-state index in [0.717, 1.165) is 0 Å². The summed E-state index contributed by atoms with van der Waals surface area (Å²) in [6.45, 7) is 1.92. The predicted octanol–water partition coefficient (Wildman–Crippen LogP) is 1.01. The number of carbonyl (C=O) groups is 1. The Morgan fingerprint density at radius 3 is 2.36 bits per heavy atom. The molecule has 0 fully saturated rings. The molecule has 0 spiro atoms. The van der Waals surface area contributed by atoms with E-state index in [1.807, 2.05) is 25.9 Å². The van der Waals surface area contributed by atoms with Gasteiger partial charge in [0, 0.05) is 20.3 Å². The van der Waals surface area contributed by atoms with Gasteiger partial charge in [0.2, 0.25) is 0 Å². The number of nitrogens with zero attached hydrogens (tertiary/aromatic N) is 1. The van der Waals surface area contributed by atoms with Crippen LogP contribution in [0.25, 0.3) is 0 Å². The Labute approximate surface area is 67.6 Å². The van der Waals surface area contributed by atoms with Crippen LogP contribution in [-0.2, 0) is 9.53 Å². The summed E-state index contributed by atoms with van der Waals surface area (Å²) in [7, 11) is 5.14. The van der Waals surface area contributed by atoms with Crippen molar-refractivity contribution in [2.45, 2.75) is 13.3 Å². The number of hydrogen-bond donors (Lipinski definition) is 0. The lowest BCUT2D eigenvalue weighted by molar-refractivity contribution is -0.136. The molecule has 0 unspecified atom stereocenters. The third kappa shape index (κ3) is 3.65. The monoisotopic (exact) mass is 157 g/mol. The van der Waals surface area contributed by atoms with E-state index in [2.05, 4.69) is 4.74 Å². The van der Waals surface area contributed by atoms with Crippen LogP contribution in [0, 0.1) is 0 Å². The number of esters is 1. The average Bonchev–Trinajstić information content (AvgIpc) is 1.98. The number of hydrogen-bond acceptors (Lipinski definition) is 3. The van der Waals surface area contributed by atoms with Crippen molar-refractivity contribution in [2.24, 2.45) is 0 Å². The molecule has 0 saturated heterocycles. The molecule has 0 aliphatic rings. The highest BCUT2D eigenvalue weighted by molar-refractivity contribution is 5.88. The zero-order chi connectivity index (χ0) is 8.85. The summed E-state index contributed by atoms with van der Waals surface area (Å²) in [5.41, 5.74) is 0.692. The first-order valence-electron chi connectivity index (χ1n) is 3.57. The Bertz CT molecular complexity index is 161. The van der Waals surface area contributed by atoms with Gasteiger partial charge in [-0.1, -0.05) is 6.92 Å². The minimum absolute atomic E-state index is 0.249. The molecule has 0 aliphatic heterocycles. The normalized spacial score (nSPS) is 11.1. The van der Waals surface area contributed by atoms with Crippen molar-refractivity contribution in [1.82, 2.24) is 4.90 Å². The van der Waals surface area contributed by atoms with Crippen molar-refractivity contribution in [1.29, 1.82) is 0 Å². The molecule has 11 heavy (non-hydrogen) atoms. The van der Waals surface area contributed by atoms with E-state index < -0.39 is 0 Å². The summed E-state index contributed by atoms with van der Waals surface area (Å²) >= 11 is 0. The fourth-order valence-electron chi connectivity index (χ4n) is 0.731. The highest BCUT2D eigenvalue weighted by atomic mass is 16.5. The zero-order valence-corrected chi connectivity index (χ0v) is 7.55. The molecule has 0 N–H and O–H groups in total. The average molecular weight is 157 g/mol. The van der Waals surface area contributed by atoms with Crippen LogP contribution in [0.1, 0.15) is 13.3 Å². The van der Waals surface area contributed by atoms with E-state index >= 15 is 0 Å². The zero-order valence-electron chi connectivity index (χ0n) is 7.55.